The molecule has 4 heterocycles. The Morgan fingerprint density at radius 2 is 1.95 bits per heavy atom. The third-order valence-electron chi connectivity index (χ3n) is 6.79. The van der Waals surface area contributed by atoms with Crippen LogP contribution in [0.5, 0.6) is 0 Å². The number of fused-ring (bicyclic) bond motifs is 1. The summed E-state index contributed by atoms with van der Waals surface area (Å²) in [6.07, 6.45) is 4.95. The Kier molecular flexibility index (Phi) is 7.24. The summed E-state index contributed by atoms with van der Waals surface area (Å²) < 4.78 is 16.9. The first-order chi connectivity index (χ1) is 19.6. The minimum Gasteiger partial charge on any atom is -0.410 e. The van der Waals surface area contributed by atoms with Gasteiger partial charge in [-0.25, -0.2) is 4.98 Å². The number of aliphatic hydroxyl groups excluding tert-OH is 1. The fourth-order valence-corrected chi connectivity index (χ4v) is 4.75. The Hall–Kier alpha value is -4.58. The fraction of sp³-hybridized carbons (Fsp3) is 0.172. The zero-order valence-corrected chi connectivity index (χ0v) is 22.0. The summed E-state index contributed by atoms with van der Waals surface area (Å²) in [6, 6.07) is 20.9. The maximum absolute atomic E-state index is 10.2. The highest BCUT2D eigenvalue weighted by Crippen LogP contribution is 2.34. The van der Waals surface area contributed by atoms with E-state index in [9.17, 15) is 5.11 Å². The lowest BCUT2D eigenvalue weighted by Gasteiger charge is -2.20. The molecule has 3 N–H and O–H groups in total. The summed E-state index contributed by atoms with van der Waals surface area (Å²) in [4.78, 5) is 13.4. The first-order valence-electron chi connectivity index (χ1n) is 12.9. The maximum Gasteiger partial charge on any atom is 0.494 e. The van der Waals surface area contributed by atoms with Gasteiger partial charge in [0.25, 0.3) is 5.89 Å². The molecule has 10 nitrogen and oxygen atoms in total. The Labute approximate surface area is 231 Å². The largest absolute Gasteiger partial charge is 0.494 e. The van der Waals surface area contributed by atoms with E-state index in [4.69, 9.17) is 13.8 Å². The highest BCUT2D eigenvalue weighted by Gasteiger charge is 2.34. The van der Waals surface area contributed by atoms with Gasteiger partial charge in [-0.3, -0.25) is 4.98 Å². The molecule has 1 aliphatic rings. The van der Waals surface area contributed by atoms with Gasteiger partial charge < -0.3 is 29.6 Å². The summed E-state index contributed by atoms with van der Waals surface area (Å²) in [7, 11) is 1.27. The SMILES string of the molecule is COB1OC(C)c2cc(Nc3cc(N[C@H](CO)c4ccccc4)c(-c4nc(-c5cccnc5)no4)cn3)ccc21. The molecule has 0 saturated heterocycles. The molecule has 40 heavy (non-hydrogen) atoms. The van der Waals surface area contributed by atoms with E-state index >= 15 is 0 Å². The van der Waals surface area contributed by atoms with Crippen molar-refractivity contribution in [1.82, 2.24) is 20.1 Å². The third kappa shape index (κ3) is 5.17. The normalized spacial score (nSPS) is 15.1. The van der Waals surface area contributed by atoms with Crippen molar-refractivity contribution in [2.45, 2.75) is 19.1 Å². The van der Waals surface area contributed by atoms with Gasteiger partial charge in [-0.15, -0.1) is 0 Å². The third-order valence-corrected chi connectivity index (χ3v) is 6.79. The van der Waals surface area contributed by atoms with Crippen molar-refractivity contribution in [3.8, 4) is 22.8 Å². The molecule has 5 aromatic rings. The standard InChI is InChI=1S/C29H27BN6O4/c1-18-22-13-21(10-11-24(22)30(38-2)39-18)33-27-14-25(34-26(17-37)19-7-4-3-5-8-19)23(16-32-27)29-35-28(36-40-29)20-9-6-12-31-15-20/h3-16,18,26,37H,17H2,1-2H3,(H2,32,33,34)/t18?,26-/m1/s1. The van der Waals surface area contributed by atoms with Gasteiger partial charge in [-0.1, -0.05) is 41.6 Å². The van der Waals surface area contributed by atoms with Crippen molar-refractivity contribution in [3.05, 3.63) is 96.4 Å². The van der Waals surface area contributed by atoms with E-state index in [0.29, 0.717) is 28.8 Å². The summed E-state index contributed by atoms with van der Waals surface area (Å²) in [5.41, 5.74) is 5.87. The van der Waals surface area contributed by atoms with Crippen molar-refractivity contribution in [1.29, 1.82) is 0 Å². The Balaban J connectivity index is 1.35. The first kappa shape index (κ1) is 25.7. The van der Waals surface area contributed by atoms with Crippen LogP contribution in [0.15, 0.2) is 89.8 Å². The lowest BCUT2D eigenvalue weighted by atomic mass is 9.78. The van der Waals surface area contributed by atoms with Crippen LogP contribution in [-0.2, 0) is 9.31 Å². The zero-order valence-electron chi connectivity index (χ0n) is 22.0. The molecular formula is C29H27BN6O4. The molecule has 6 rings (SSSR count). The van der Waals surface area contributed by atoms with Gasteiger partial charge in [0.05, 0.1) is 30.0 Å². The van der Waals surface area contributed by atoms with Crippen molar-refractivity contribution in [2.24, 2.45) is 0 Å². The number of pyridine rings is 2. The Morgan fingerprint density at radius 1 is 1.07 bits per heavy atom. The molecule has 0 spiro atoms. The van der Waals surface area contributed by atoms with Gasteiger partial charge in [-0.2, -0.15) is 4.98 Å². The Bertz CT molecular complexity index is 1600. The number of rotatable bonds is 9. The van der Waals surface area contributed by atoms with Crippen LogP contribution in [0.25, 0.3) is 22.8 Å². The van der Waals surface area contributed by atoms with E-state index < -0.39 is 0 Å². The lowest BCUT2D eigenvalue weighted by Crippen LogP contribution is -2.30. The maximum atomic E-state index is 10.2. The van der Waals surface area contributed by atoms with Crippen molar-refractivity contribution >= 4 is 29.8 Å². The average Bonchev–Trinajstić information content (AvgIpc) is 3.62. The van der Waals surface area contributed by atoms with Gasteiger partial charge in [0.15, 0.2) is 0 Å². The van der Waals surface area contributed by atoms with Gasteiger partial charge >= 0.3 is 7.12 Å². The topological polar surface area (TPSA) is 127 Å². The van der Waals surface area contributed by atoms with Gasteiger partial charge in [0.1, 0.15) is 5.82 Å². The fourth-order valence-electron chi connectivity index (χ4n) is 4.75. The van der Waals surface area contributed by atoms with E-state index in [0.717, 1.165) is 27.8 Å². The van der Waals surface area contributed by atoms with Gasteiger partial charge in [0, 0.05) is 43.0 Å². The number of nitrogens with one attached hydrogen (secondary N) is 2. The van der Waals surface area contributed by atoms with Crippen molar-refractivity contribution in [2.75, 3.05) is 24.4 Å². The first-order valence-corrected chi connectivity index (χ1v) is 12.9. The molecule has 0 aliphatic carbocycles. The minimum atomic E-state index is -0.375. The second-order valence-corrected chi connectivity index (χ2v) is 9.38. The molecule has 1 aliphatic heterocycles. The van der Waals surface area contributed by atoms with Crippen LogP contribution in [0.4, 0.5) is 17.2 Å². The molecule has 2 atom stereocenters. The molecule has 1 unspecified atom stereocenters. The molecule has 0 radical (unpaired) electrons. The molecule has 2 aromatic carbocycles. The van der Waals surface area contributed by atoms with Crippen LogP contribution in [0.3, 0.4) is 0 Å². The summed E-state index contributed by atoms with van der Waals surface area (Å²) in [5.74, 6) is 1.30. The van der Waals surface area contributed by atoms with E-state index in [1.54, 1.807) is 25.7 Å². The van der Waals surface area contributed by atoms with Gasteiger partial charge in [-0.05, 0) is 47.8 Å². The van der Waals surface area contributed by atoms with E-state index in [1.807, 2.05) is 73.7 Å². The number of aromatic nitrogens is 4. The number of aliphatic hydroxyl groups is 1. The number of nitrogens with zero attached hydrogens (tertiary/aromatic N) is 4. The molecule has 0 bridgehead atoms. The molecule has 11 heteroatoms. The summed E-state index contributed by atoms with van der Waals surface area (Å²) in [6.45, 7) is 1.88. The number of hydrogen-bond donors (Lipinski definition) is 3. The highest BCUT2D eigenvalue weighted by atomic mass is 16.6. The molecule has 0 saturated carbocycles. The van der Waals surface area contributed by atoms with Crippen LogP contribution in [0.1, 0.15) is 30.2 Å². The molecule has 0 fully saturated rings. The quantitative estimate of drug-likeness (QED) is 0.232. The Morgan fingerprint density at radius 3 is 2.73 bits per heavy atom. The smallest absolute Gasteiger partial charge is 0.410 e. The highest BCUT2D eigenvalue weighted by molar-refractivity contribution is 6.63. The van der Waals surface area contributed by atoms with E-state index in [1.165, 1.54) is 0 Å². The number of anilines is 3. The van der Waals surface area contributed by atoms with Crippen molar-refractivity contribution < 1.29 is 18.9 Å². The molecular weight excluding hydrogens is 507 g/mol. The van der Waals surface area contributed by atoms with E-state index in [2.05, 4.69) is 30.7 Å². The number of benzene rings is 2. The monoisotopic (exact) mass is 534 g/mol. The second kappa shape index (κ2) is 11.3. The minimum absolute atomic E-state index is 0.0861. The number of hydrogen-bond acceptors (Lipinski definition) is 10. The van der Waals surface area contributed by atoms with E-state index in [-0.39, 0.29) is 25.9 Å². The van der Waals surface area contributed by atoms with Crippen LogP contribution in [-0.4, -0.2) is 46.1 Å². The molecule has 0 amide bonds. The van der Waals surface area contributed by atoms with Crippen molar-refractivity contribution in [3.63, 3.8) is 0 Å². The molecule has 3 aromatic heterocycles. The van der Waals surface area contributed by atoms with Gasteiger partial charge in [0.2, 0.25) is 5.82 Å². The van der Waals surface area contributed by atoms with Crippen LogP contribution in [0.2, 0.25) is 0 Å². The predicted octanol–water partition coefficient (Wildman–Crippen LogP) is 4.52. The summed E-state index contributed by atoms with van der Waals surface area (Å²) >= 11 is 0. The lowest BCUT2D eigenvalue weighted by molar-refractivity contribution is 0.191. The predicted molar refractivity (Wildman–Crippen MR) is 152 cm³/mol. The van der Waals surface area contributed by atoms with Crippen LogP contribution in [0, 0.1) is 0 Å². The van der Waals surface area contributed by atoms with Crippen LogP contribution >= 0.6 is 0 Å². The second-order valence-electron chi connectivity index (χ2n) is 9.38. The zero-order chi connectivity index (χ0) is 27.5. The summed E-state index contributed by atoms with van der Waals surface area (Å²) in [5, 5.41) is 21.2. The average molecular weight is 534 g/mol. The molecule has 200 valence electrons. The van der Waals surface area contributed by atoms with Crippen LogP contribution < -0.4 is 16.1 Å².